The van der Waals surface area contributed by atoms with Crippen LogP contribution in [0.5, 0.6) is 0 Å². The van der Waals surface area contributed by atoms with Gasteiger partial charge in [0.2, 0.25) is 0 Å². The Bertz CT molecular complexity index is 474. The van der Waals surface area contributed by atoms with Crippen LogP contribution >= 0.6 is 0 Å². The van der Waals surface area contributed by atoms with Crippen molar-refractivity contribution in [3.05, 3.63) is 30.6 Å². The van der Waals surface area contributed by atoms with Gasteiger partial charge in [0.15, 0.2) is 0 Å². The molecular formula is C14H20N4O2. The highest BCUT2D eigenvalue weighted by Gasteiger charge is 2.38. The monoisotopic (exact) mass is 276 g/mol. The fourth-order valence-electron chi connectivity index (χ4n) is 3.05. The first-order valence-electron chi connectivity index (χ1n) is 7.03. The van der Waals surface area contributed by atoms with Gasteiger partial charge in [0.05, 0.1) is 12.7 Å². The Balaban J connectivity index is 1.58. The number of nitrogens with zero attached hydrogens (tertiary/aromatic N) is 3. The van der Waals surface area contributed by atoms with E-state index in [0.29, 0.717) is 18.3 Å². The summed E-state index contributed by atoms with van der Waals surface area (Å²) in [6.45, 7) is 7.69. The van der Waals surface area contributed by atoms with E-state index >= 15 is 0 Å². The van der Waals surface area contributed by atoms with E-state index in [-0.39, 0.29) is 12.0 Å². The summed E-state index contributed by atoms with van der Waals surface area (Å²) >= 11 is 0. The van der Waals surface area contributed by atoms with Gasteiger partial charge in [-0.05, 0) is 12.5 Å². The predicted molar refractivity (Wildman–Crippen MR) is 74.4 cm³/mol. The number of rotatable bonds is 4. The molecule has 1 aromatic heterocycles. The Morgan fingerprint density at radius 2 is 2.45 bits per heavy atom. The summed E-state index contributed by atoms with van der Waals surface area (Å²) in [5.41, 5.74) is 0.566. The SMILES string of the molecule is C=CCOC1CC2CN(C(=O)c3ccn[nH]3)CCN2C1. The van der Waals surface area contributed by atoms with E-state index in [2.05, 4.69) is 21.7 Å². The van der Waals surface area contributed by atoms with E-state index in [9.17, 15) is 4.79 Å². The number of carbonyl (C=O) groups excluding carboxylic acids is 1. The van der Waals surface area contributed by atoms with Crippen molar-refractivity contribution in [2.24, 2.45) is 0 Å². The molecule has 0 aromatic carbocycles. The number of carbonyl (C=O) groups is 1. The zero-order valence-corrected chi connectivity index (χ0v) is 11.5. The van der Waals surface area contributed by atoms with Crippen LogP contribution in [0.25, 0.3) is 0 Å². The van der Waals surface area contributed by atoms with E-state index in [1.54, 1.807) is 18.3 Å². The molecule has 2 unspecified atom stereocenters. The number of ether oxygens (including phenoxy) is 1. The number of hydrogen-bond donors (Lipinski definition) is 1. The van der Waals surface area contributed by atoms with Gasteiger partial charge in [0.25, 0.3) is 5.91 Å². The van der Waals surface area contributed by atoms with Crippen LogP contribution in [0.2, 0.25) is 0 Å². The van der Waals surface area contributed by atoms with Crippen molar-refractivity contribution >= 4 is 5.91 Å². The van der Waals surface area contributed by atoms with Gasteiger partial charge in [0.1, 0.15) is 5.69 Å². The highest BCUT2D eigenvalue weighted by Crippen LogP contribution is 2.24. The molecule has 6 nitrogen and oxygen atoms in total. The number of nitrogens with one attached hydrogen (secondary N) is 1. The maximum atomic E-state index is 12.3. The van der Waals surface area contributed by atoms with Gasteiger partial charge in [-0.15, -0.1) is 6.58 Å². The lowest BCUT2D eigenvalue weighted by Gasteiger charge is -2.36. The molecule has 108 valence electrons. The number of piperazine rings is 1. The summed E-state index contributed by atoms with van der Waals surface area (Å²) in [6, 6.07) is 2.13. The van der Waals surface area contributed by atoms with Crippen molar-refractivity contribution in [1.29, 1.82) is 0 Å². The summed E-state index contributed by atoms with van der Waals surface area (Å²) in [4.78, 5) is 16.6. The molecule has 3 rings (SSSR count). The summed E-state index contributed by atoms with van der Waals surface area (Å²) in [7, 11) is 0. The Kier molecular flexibility index (Phi) is 3.84. The normalized spacial score (nSPS) is 26.5. The Morgan fingerprint density at radius 3 is 3.20 bits per heavy atom. The largest absolute Gasteiger partial charge is 0.373 e. The highest BCUT2D eigenvalue weighted by molar-refractivity contribution is 5.92. The molecule has 0 saturated carbocycles. The van der Waals surface area contributed by atoms with Gasteiger partial charge < -0.3 is 9.64 Å². The molecule has 2 atom stereocenters. The Labute approximate surface area is 118 Å². The fraction of sp³-hybridized carbons (Fsp3) is 0.571. The van der Waals surface area contributed by atoms with Gasteiger partial charge >= 0.3 is 0 Å². The number of H-pyrrole nitrogens is 1. The topological polar surface area (TPSA) is 61.5 Å². The molecule has 0 spiro atoms. The zero-order chi connectivity index (χ0) is 13.9. The molecule has 6 heteroatoms. The first kappa shape index (κ1) is 13.3. The molecule has 1 aromatic rings. The minimum Gasteiger partial charge on any atom is -0.373 e. The highest BCUT2D eigenvalue weighted by atomic mass is 16.5. The number of amides is 1. The third-order valence-electron chi connectivity index (χ3n) is 4.05. The average Bonchev–Trinajstić information content (AvgIpc) is 3.12. The average molecular weight is 276 g/mol. The second-order valence-electron chi connectivity index (χ2n) is 5.35. The van der Waals surface area contributed by atoms with Crippen molar-refractivity contribution < 1.29 is 9.53 Å². The van der Waals surface area contributed by atoms with Crippen molar-refractivity contribution in [3.8, 4) is 0 Å². The maximum Gasteiger partial charge on any atom is 0.271 e. The second-order valence-corrected chi connectivity index (χ2v) is 5.35. The minimum atomic E-state index is 0.0395. The van der Waals surface area contributed by atoms with Crippen LogP contribution in [-0.2, 0) is 4.74 Å². The van der Waals surface area contributed by atoms with Gasteiger partial charge in [-0.2, -0.15) is 5.10 Å². The molecule has 1 N–H and O–H groups in total. The molecule has 1 amide bonds. The van der Waals surface area contributed by atoms with E-state index < -0.39 is 0 Å². The van der Waals surface area contributed by atoms with Gasteiger partial charge in [-0.25, -0.2) is 0 Å². The molecule has 3 heterocycles. The van der Waals surface area contributed by atoms with E-state index in [1.165, 1.54) is 0 Å². The summed E-state index contributed by atoms with van der Waals surface area (Å²) in [6.07, 6.45) is 4.64. The molecule has 0 aliphatic carbocycles. The van der Waals surface area contributed by atoms with E-state index in [0.717, 1.165) is 32.6 Å². The van der Waals surface area contributed by atoms with Gasteiger partial charge in [0, 0.05) is 38.4 Å². The molecule has 20 heavy (non-hydrogen) atoms. The van der Waals surface area contributed by atoms with Crippen molar-refractivity contribution in [1.82, 2.24) is 20.0 Å². The number of aromatic amines is 1. The summed E-state index contributed by atoms with van der Waals surface area (Å²) < 4.78 is 5.73. The Morgan fingerprint density at radius 1 is 1.55 bits per heavy atom. The molecule has 0 radical (unpaired) electrons. The molecule has 2 fully saturated rings. The standard InChI is InChI=1S/C14H20N4O2/c1-2-7-20-12-8-11-9-18(6-5-17(11)10-12)14(19)13-3-4-15-16-13/h2-4,11-12H,1,5-10H2,(H,15,16). The number of hydrogen-bond acceptors (Lipinski definition) is 4. The third kappa shape index (κ3) is 2.62. The summed E-state index contributed by atoms with van der Waals surface area (Å²) in [5, 5.41) is 6.58. The molecule has 2 saturated heterocycles. The molecule has 2 aliphatic rings. The van der Waals surface area contributed by atoms with E-state index in [4.69, 9.17) is 4.74 Å². The molecule has 2 aliphatic heterocycles. The van der Waals surface area contributed by atoms with E-state index in [1.807, 2.05) is 4.90 Å². The lowest BCUT2D eigenvalue weighted by molar-refractivity contribution is 0.0555. The van der Waals surface area contributed by atoms with Crippen LogP contribution in [0.1, 0.15) is 16.9 Å². The van der Waals surface area contributed by atoms with Crippen LogP contribution in [0.15, 0.2) is 24.9 Å². The van der Waals surface area contributed by atoms with Gasteiger partial charge in [-0.1, -0.05) is 6.08 Å². The lowest BCUT2D eigenvalue weighted by atomic mass is 10.1. The molecular weight excluding hydrogens is 256 g/mol. The van der Waals surface area contributed by atoms with Gasteiger partial charge in [-0.3, -0.25) is 14.8 Å². The van der Waals surface area contributed by atoms with Crippen molar-refractivity contribution in [3.63, 3.8) is 0 Å². The van der Waals surface area contributed by atoms with Crippen molar-refractivity contribution in [2.75, 3.05) is 32.8 Å². The number of fused-ring (bicyclic) bond motifs is 1. The fourth-order valence-corrected chi connectivity index (χ4v) is 3.05. The quantitative estimate of drug-likeness (QED) is 0.814. The first-order chi connectivity index (χ1) is 9.78. The van der Waals surface area contributed by atoms with Crippen molar-refractivity contribution in [2.45, 2.75) is 18.6 Å². The van der Waals surface area contributed by atoms with Crippen LogP contribution in [0, 0.1) is 0 Å². The minimum absolute atomic E-state index is 0.0395. The van der Waals surface area contributed by atoms with Crippen LogP contribution in [-0.4, -0.2) is 70.8 Å². The lowest BCUT2D eigenvalue weighted by Crippen LogP contribution is -2.52. The maximum absolute atomic E-state index is 12.3. The Hall–Kier alpha value is -1.66. The summed E-state index contributed by atoms with van der Waals surface area (Å²) in [5.74, 6) is 0.0395. The second kappa shape index (κ2) is 5.76. The van der Waals surface area contributed by atoms with Crippen LogP contribution < -0.4 is 0 Å². The molecule has 0 bridgehead atoms. The smallest absolute Gasteiger partial charge is 0.271 e. The van der Waals surface area contributed by atoms with Crippen LogP contribution in [0.4, 0.5) is 0 Å². The predicted octanol–water partition coefficient (Wildman–Crippen LogP) is 0.511. The number of aromatic nitrogens is 2. The zero-order valence-electron chi connectivity index (χ0n) is 11.5. The first-order valence-corrected chi connectivity index (χ1v) is 7.03. The van der Waals surface area contributed by atoms with Crippen LogP contribution in [0.3, 0.4) is 0 Å². The third-order valence-corrected chi connectivity index (χ3v) is 4.05.